The van der Waals surface area contributed by atoms with Crippen molar-refractivity contribution < 1.29 is 14.1 Å². The fourth-order valence-electron chi connectivity index (χ4n) is 3.09. The number of methoxy groups -OCH3 is 1. The van der Waals surface area contributed by atoms with Crippen molar-refractivity contribution in [1.82, 2.24) is 4.90 Å². The summed E-state index contributed by atoms with van der Waals surface area (Å²) in [7, 11) is 1.63. The Hall–Kier alpha value is -1.76. The SMILES string of the molecule is CC[NH+](CC)CCCN(Cc1ccco1)C(=S)Nc1cc(C)c(Cl)cc1OC. The molecule has 7 heteroatoms. The number of quaternary nitrogens is 1. The van der Waals surface area contributed by atoms with Gasteiger partial charge in [-0.15, -0.1) is 0 Å². The van der Waals surface area contributed by atoms with Crippen molar-refractivity contribution in [3.63, 3.8) is 0 Å². The molecule has 28 heavy (non-hydrogen) atoms. The van der Waals surface area contributed by atoms with Gasteiger partial charge in [0.25, 0.3) is 0 Å². The van der Waals surface area contributed by atoms with E-state index in [0.717, 1.165) is 49.6 Å². The number of thiocarbonyl (C=S) groups is 1. The largest absolute Gasteiger partial charge is 0.495 e. The molecule has 1 heterocycles. The summed E-state index contributed by atoms with van der Waals surface area (Å²) in [6.45, 7) is 11.3. The van der Waals surface area contributed by atoms with Crippen LogP contribution in [0.1, 0.15) is 31.6 Å². The van der Waals surface area contributed by atoms with Crippen LogP contribution in [0.3, 0.4) is 0 Å². The first-order chi connectivity index (χ1) is 13.5. The van der Waals surface area contributed by atoms with Crippen LogP contribution in [-0.2, 0) is 6.54 Å². The van der Waals surface area contributed by atoms with E-state index < -0.39 is 0 Å². The van der Waals surface area contributed by atoms with Crippen LogP contribution in [0, 0.1) is 6.92 Å². The second-order valence-corrected chi connectivity index (χ2v) is 7.59. The quantitative estimate of drug-likeness (QED) is 0.568. The molecular formula is C21H31ClN3O2S+. The van der Waals surface area contributed by atoms with Crippen molar-refractivity contribution in [2.24, 2.45) is 0 Å². The van der Waals surface area contributed by atoms with Gasteiger partial charge in [0.1, 0.15) is 11.5 Å². The number of nitrogens with one attached hydrogen (secondary N) is 2. The molecule has 5 nitrogen and oxygen atoms in total. The summed E-state index contributed by atoms with van der Waals surface area (Å²) in [5, 5.41) is 4.65. The van der Waals surface area contributed by atoms with E-state index in [1.54, 1.807) is 18.3 Å². The number of anilines is 1. The minimum atomic E-state index is 0.626. The van der Waals surface area contributed by atoms with Crippen molar-refractivity contribution in [3.05, 3.63) is 46.9 Å². The minimum Gasteiger partial charge on any atom is -0.495 e. The van der Waals surface area contributed by atoms with Crippen molar-refractivity contribution >= 4 is 34.6 Å². The van der Waals surface area contributed by atoms with Crippen LogP contribution in [0.2, 0.25) is 5.02 Å². The first-order valence-electron chi connectivity index (χ1n) is 9.74. The van der Waals surface area contributed by atoms with Gasteiger partial charge in [-0.25, -0.2) is 0 Å². The van der Waals surface area contributed by atoms with Crippen LogP contribution in [-0.4, -0.2) is 43.3 Å². The van der Waals surface area contributed by atoms with E-state index in [1.807, 2.05) is 31.2 Å². The van der Waals surface area contributed by atoms with E-state index in [0.29, 0.717) is 22.4 Å². The average molecular weight is 425 g/mol. The fraction of sp³-hybridized carbons (Fsp3) is 0.476. The number of benzene rings is 1. The summed E-state index contributed by atoms with van der Waals surface area (Å²) in [5.41, 5.74) is 1.78. The summed E-state index contributed by atoms with van der Waals surface area (Å²) in [6.07, 6.45) is 2.74. The monoisotopic (exact) mass is 424 g/mol. The Bertz CT molecular complexity index is 748. The lowest BCUT2D eigenvalue weighted by Crippen LogP contribution is -3.11. The molecule has 0 unspecified atom stereocenters. The maximum Gasteiger partial charge on any atom is 0.173 e. The zero-order valence-corrected chi connectivity index (χ0v) is 18.8. The van der Waals surface area contributed by atoms with Gasteiger partial charge in [0, 0.05) is 24.1 Å². The highest BCUT2D eigenvalue weighted by atomic mass is 35.5. The second kappa shape index (κ2) is 11.3. The third-order valence-electron chi connectivity index (χ3n) is 4.89. The number of furan rings is 1. The van der Waals surface area contributed by atoms with Gasteiger partial charge in [0.05, 0.1) is 45.2 Å². The zero-order valence-electron chi connectivity index (χ0n) is 17.2. The molecule has 0 aliphatic rings. The lowest BCUT2D eigenvalue weighted by Gasteiger charge is -2.26. The van der Waals surface area contributed by atoms with Crippen molar-refractivity contribution in [2.45, 2.75) is 33.7 Å². The van der Waals surface area contributed by atoms with Gasteiger partial charge in [-0.2, -0.15) is 0 Å². The molecule has 2 N–H and O–H groups in total. The molecule has 2 aromatic rings. The first kappa shape index (κ1) is 22.5. The third-order valence-corrected chi connectivity index (χ3v) is 5.66. The molecule has 1 aromatic heterocycles. The van der Waals surface area contributed by atoms with Gasteiger partial charge < -0.3 is 24.3 Å². The van der Waals surface area contributed by atoms with E-state index in [1.165, 1.54) is 0 Å². The number of hydrogen-bond donors (Lipinski definition) is 2. The molecule has 0 fully saturated rings. The molecule has 0 atom stereocenters. The predicted octanol–water partition coefficient (Wildman–Crippen LogP) is 3.76. The van der Waals surface area contributed by atoms with Crippen molar-refractivity contribution in [3.8, 4) is 5.75 Å². The smallest absolute Gasteiger partial charge is 0.173 e. The summed E-state index contributed by atoms with van der Waals surface area (Å²) >= 11 is 11.9. The minimum absolute atomic E-state index is 0.626. The standard InChI is InChI=1S/C21H30ClN3O2S/c1-5-24(6-2)10-8-11-25(15-17-9-7-12-27-17)21(28)23-19-13-16(3)18(22)14-20(19)26-4/h7,9,12-14H,5-6,8,10-11,15H2,1-4H3,(H,23,28)/p+1. The second-order valence-electron chi connectivity index (χ2n) is 6.79. The molecular weight excluding hydrogens is 394 g/mol. The van der Waals surface area contributed by atoms with Gasteiger partial charge in [-0.3, -0.25) is 0 Å². The molecule has 0 aliphatic carbocycles. The van der Waals surface area contributed by atoms with Crippen LogP contribution in [0.5, 0.6) is 5.75 Å². The molecule has 2 rings (SSSR count). The number of hydrogen-bond acceptors (Lipinski definition) is 3. The molecule has 0 amide bonds. The molecule has 1 aromatic carbocycles. The lowest BCUT2D eigenvalue weighted by atomic mass is 10.2. The van der Waals surface area contributed by atoms with Gasteiger partial charge in [-0.05, 0) is 56.8 Å². The highest BCUT2D eigenvalue weighted by molar-refractivity contribution is 7.80. The number of ether oxygens (including phenoxy) is 1. The Balaban J connectivity index is 2.10. The van der Waals surface area contributed by atoms with Crippen LogP contribution in [0.4, 0.5) is 5.69 Å². The predicted molar refractivity (Wildman–Crippen MR) is 120 cm³/mol. The molecule has 0 spiro atoms. The molecule has 0 saturated heterocycles. The van der Waals surface area contributed by atoms with Gasteiger partial charge in [0.2, 0.25) is 0 Å². The Kier molecular flexibility index (Phi) is 9.09. The van der Waals surface area contributed by atoms with Crippen LogP contribution < -0.4 is 15.0 Å². The normalized spacial score (nSPS) is 10.9. The summed E-state index contributed by atoms with van der Waals surface area (Å²) in [6, 6.07) is 7.63. The van der Waals surface area contributed by atoms with E-state index in [2.05, 4.69) is 24.1 Å². The fourth-order valence-corrected chi connectivity index (χ4v) is 3.51. The Morgan fingerprint density at radius 3 is 2.68 bits per heavy atom. The maximum absolute atomic E-state index is 6.22. The number of nitrogens with zero attached hydrogens (tertiary/aromatic N) is 1. The average Bonchev–Trinajstić information content (AvgIpc) is 3.20. The molecule has 0 saturated carbocycles. The summed E-state index contributed by atoms with van der Waals surface area (Å²) in [4.78, 5) is 3.73. The van der Waals surface area contributed by atoms with Crippen molar-refractivity contribution in [2.75, 3.05) is 38.6 Å². The highest BCUT2D eigenvalue weighted by Gasteiger charge is 2.16. The molecule has 154 valence electrons. The van der Waals surface area contributed by atoms with Crippen LogP contribution >= 0.6 is 23.8 Å². The van der Waals surface area contributed by atoms with Crippen molar-refractivity contribution in [1.29, 1.82) is 0 Å². The summed E-state index contributed by atoms with van der Waals surface area (Å²) < 4.78 is 11.0. The van der Waals surface area contributed by atoms with Gasteiger partial charge in [-0.1, -0.05) is 11.6 Å². The Labute approximate surface area is 178 Å². The van der Waals surface area contributed by atoms with Gasteiger partial charge in [0.15, 0.2) is 5.11 Å². The number of aryl methyl sites for hydroxylation is 1. The van der Waals surface area contributed by atoms with E-state index in [9.17, 15) is 0 Å². The first-order valence-corrected chi connectivity index (χ1v) is 10.5. The van der Waals surface area contributed by atoms with Crippen LogP contribution in [0.25, 0.3) is 0 Å². The van der Waals surface area contributed by atoms with Crippen LogP contribution in [0.15, 0.2) is 34.9 Å². The van der Waals surface area contributed by atoms with E-state index in [-0.39, 0.29) is 0 Å². The number of halogens is 1. The Morgan fingerprint density at radius 2 is 2.07 bits per heavy atom. The molecule has 0 aliphatic heterocycles. The molecule has 0 bridgehead atoms. The summed E-state index contributed by atoms with van der Waals surface area (Å²) in [5.74, 6) is 1.56. The number of rotatable bonds is 10. The zero-order chi connectivity index (χ0) is 20.5. The van der Waals surface area contributed by atoms with E-state index >= 15 is 0 Å². The Morgan fingerprint density at radius 1 is 1.32 bits per heavy atom. The lowest BCUT2D eigenvalue weighted by molar-refractivity contribution is -0.896. The molecule has 0 radical (unpaired) electrons. The van der Waals surface area contributed by atoms with E-state index in [4.69, 9.17) is 33.0 Å². The third kappa shape index (κ3) is 6.40. The topological polar surface area (TPSA) is 42.1 Å². The maximum atomic E-state index is 6.22. The van der Waals surface area contributed by atoms with Gasteiger partial charge >= 0.3 is 0 Å². The highest BCUT2D eigenvalue weighted by Crippen LogP contribution is 2.31.